The van der Waals surface area contributed by atoms with Gasteiger partial charge in [0.05, 0.1) is 23.3 Å². The molecule has 44 heavy (non-hydrogen) atoms. The van der Waals surface area contributed by atoms with Crippen LogP contribution in [-0.4, -0.2) is 45.2 Å². The number of aliphatic hydroxyl groups is 1. The molecule has 238 valence electrons. The van der Waals surface area contributed by atoms with Gasteiger partial charge >= 0.3 is 0 Å². The lowest BCUT2D eigenvalue weighted by molar-refractivity contribution is 0.0367. The summed E-state index contributed by atoms with van der Waals surface area (Å²) in [5.74, 6) is 1.04. The zero-order valence-electron chi connectivity index (χ0n) is 24.7. The second-order valence-electron chi connectivity index (χ2n) is 9.99. The lowest BCUT2D eigenvalue weighted by atomic mass is 10.2. The smallest absolute Gasteiger partial charge is 0.263 e. The second-order valence-corrected chi connectivity index (χ2v) is 10.4. The van der Waals surface area contributed by atoms with Gasteiger partial charge in [0.25, 0.3) is 6.43 Å². The van der Waals surface area contributed by atoms with E-state index >= 15 is 0 Å². The van der Waals surface area contributed by atoms with Crippen LogP contribution in [-0.2, 0) is 24.9 Å². The van der Waals surface area contributed by atoms with Gasteiger partial charge in [-0.2, -0.15) is 12.6 Å². The molecule has 0 amide bonds. The number of ether oxygens (including phenoxy) is 2. The Kier molecular flexibility index (Phi) is 14.3. The van der Waals surface area contributed by atoms with Crippen LogP contribution in [0, 0.1) is 5.82 Å². The topological polar surface area (TPSA) is 101 Å². The Morgan fingerprint density at radius 2 is 1.93 bits per heavy atom. The summed E-state index contributed by atoms with van der Waals surface area (Å²) < 4.78 is 50.0. The minimum atomic E-state index is -2.73. The van der Waals surface area contributed by atoms with E-state index in [1.54, 1.807) is 0 Å². The summed E-state index contributed by atoms with van der Waals surface area (Å²) in [4.78, 5) is 18.4. The second kappa shape index (κ2) is 18.2. The fourth-order valence-corrected chi connectivity index (χ4v) is 4.19. The van der Waals surface area contributed by atoms with Crippen LogP contribution in [0.5, 0.6) is 5.75 Å². The largest absolute Gasteiger partial charge is 0.508 e. The number of pyridine rings is 1. The molecule has 3 heterocycles. The van der Waals surface area contributed by atoms with Crippen molar-refractivity contribution in [1.82, 2.24) is 19.9 Å². The first kappa shape index (κ1) is 34.7. The maximum Gasteiger partial charge on any atom is 0.263 e. The van der Waals surface area contributed by atoms with Gasteiger partial charge in [0.1, 0.15) is 18.2 Å². The molecule has 3 N–H and O–H groups in total. The first-order valence-corrected chi connectivity index (χ1v) is 14.9. The van der Waals surface area contributed by atoms with Gasteiger partial charge in [-0.05, 0) is 68.0 Å². The number of imidazole rings is 1. The van der Waals surface area contributed by atoms with Gasteiger partial charge in [0.15, 0.2) is 17.0 Å². The molecule has 2 aromatic carbocycles. The molecule has 0 atom stereocenters. The molecular formula is C32H39F3N4O4S. The first-order valence-electron chi connectivity index (χ1n) is 14.3. The molecular weight excluding hydrogens is 593 g/mol. The van der Waals surface area contributed by atoms with Crippen molar-refractivity contribution in [2.75, 3.05) is 25.5 Å². The molecule has 4 aromatic rings. The number of halogens is 3. The zero-order chi connectivity index (χ0) is 31.9. The number of hydrogen-bond acceptors (Lipinski definition) is 7. The third-order valence-electron chi connectivity index (χ3n) is 6.60. The summed E-state index contributed by atoms with van der Waals surface area (Å²) in [6.07, 6.45) is 3.54. The number of aryl methyl sites for hydroxylation is 1. The summed E-state index contributed by atoms with van der Waals surface area (Å²) in [7, 11) is 2.00. The monoisotopic (exact) mass is 632 g/mol. The fourth-order valence-electron chi connectivity index (χ4n) is 3.96. The predicted molar refractivity (Wildman–Crippen MR) is 170 cm³/mol. The number of nitrogens with zero attached hydrogens (tertiary/aromatic N) is 2. The Morgan fingerprint density at radius 3 is 2.55 bits per heavy atom. The number of rotatable bonds is 12. The van der Waals surface area contributed by atoms with Crippen molar-refractivity contribution < 1.29 is 27.8 Å². The van der Waals surface area contributed by atoms with E-state index in [-0.39, 0.29) is 23.5 Å². The highest BCUT2D eigenvalue weighted by Gasteiger charge is 2.12. The number of aromatic nitrogens is 3. The van der Waals surface area contributed by atoms with Gasteiger partial charge in [0, 0.05) is 49.7 Å². The number of nitrogens with one attached hydrogen (secondary N) is 2. The van der Waals surface area contributed by atoms with Crippen LogP contribution < -0.4 is 15.5 Å². The quantitative estimate of drug-likeness (QED) is 0.0785. The molecule has 0 aliphatic carbocycles. The first-order chi connectivity index (χ1) is 21.2. The minimum Gasteiger partial charge on any atom is -0.508 e. The number of benzene rings is 2. The highest BCUT2D eigenvalue weighted by Crippen LogP contribution is 2.25. The Morgan fingerprint density at radius 1 is 1.18 bits per heavy atom. The maximum absolute atomic E-state index is 13.5. The van der Waals surface area contributed by atoms with Crippen LogP contribution in [0.2, 0.25) is 0 Å². The normalized spacial score (nSPS) is 12.1. The number of unbranched alkanes of at least 4 members (excludes halogenated alkanes) is 2. The van der Waals surface area contributed by atoms with Crippen LogP contribution in [0.1, 0.15) is 54.8 Å². The lowest BCUT2D eigenvalue weighted by Gasteiger charge is -2.09. The standard InChI is InChI=1S/C16H23N3OS.C13H10F3NO2.C3H6O/c1-12(20)13-6-7-14-15(10-13)19(2)16(18-14)11-17-8-4-3-5-9-21;14-11-5-8(13(15)16)1-2-12(11)19-7-9-6-10(18)3-4-17-9;1-2-4-3-1/h6-7,10,17,20-21H,1,3-5,8-9,11H2,2H3;1-6,13H,7H2,(H,17,18);1-3H2. The number of aromatic amines is 1. The molecule has 0 bridgehead atoms. The molecule has 12 heteroatoms. The Hall–Kier alpha value is -3.74. The average molecular weight is 633 g/mol. The van der Waals surface area contributed by atoms with Gasteiger partial charge in [0.2, 0.25) is 0 Å². The van der Waals surface area contributed by atoms with Gasteiger partial charge < -0.3 is 29.4 Å². The summed E-state index contributed by atoms with van der Waals surface area (Å²) in [6.45, 7) is 7.25. The van der Waals surface area contributed by atoms with Crippen molar-refractivity contribution >= 4 is 29.4 Å². The summed E-state index contributed by atoms with van der Waals surface area (Å²) >= 11 is 4.21. The number of thiol groups is 1. The van der Waals surface area contributed by atoms with Gasteiger partial charge in [-0.25, -0.2) is 18.2 Å². The summed E-state index contributed by atoms with van der Waals surface area (Å²) in [5, 5.41) is 12.9. The fraction of sp³-hybridized carbons (Fsp3) is 0.375. The Bertz CT molecular complexity index is 1540. The van der Waals surface area contributed by atoms with Crippen molar-refractivity contribution in [1.29, 1.82) is 0 Å². The Labute approximate surface area is 260 Å². The van der Waals surface area contributed by atoms with Crippen LogP contribution in [0.15, 0.2) is 66.1 Å². The molecule has 1 fully saturated rings. The van der Waals surface area contributed by atoms with Crippen LogP contribution in [0.4, 0.5) is 13.2 Å². The van der Waals surface area contributed by atoms with E-state index in [2.05, 4.69) is 39.1 Å². The van der Waals surface area contributed by atoms with Gasteiger partial charge in [-0.1, -0.05) is 13.0 Å². The van der Waals surface area contributed by atoms with Crippen molar-refractivity contribution in [2.24, 2.45) is 7.05 Å². The van der Waals surface area contributed by atoms with Gasteiger partial charge in [-0.15, -0.1) is 0 Å². The minimum absolute atomic E-state index is 0.0545. The molecule has 0 unspecified atom stereocenters. The number of alkyl halides is 2. The highest BCUT2D eigenvalue weighted by molar-refractivity contribution is 7.80. The zero-order valence-corrected chi connectivity index (χ0v) is 25.6. The molecule has 0 radical (unpaired) electrons. The summed E-state index contributed by atoms with van der Waals surface area (Å²) in [5.41, 5.74) is 2.54. The number of fused-ring (bicyclic) bond motifs is 1. The molecule has 2 aromatic heterocycles. The third kappa shape index (κ3) is 11.1. The third-order valence-corrected chi connectivity index (χ3v) is 6.92. The van der Waals surface area contributed by atoms with Crippen LogP contribution in [0.25, 0.3) is 16.8 Å². The molecule has 1 aliphatic rings. The number of H-pyrrole nitrogens is 1. The van der Waals surface area contributed by atoms with E-state index < -0.39 is 17.8 Å². The molecule has 8 nitrogen and oxygen atoms in total. The molecule has 0 spiro atoms. The Balaban J connectivity index is 0.000000213. The van der Waals surface area contributed by atoms with Crippen molar-refractivity contribution in [2.45, 2.75) is 45.3 Å². The van der Waals surface area contributed by atoms with Crippen molar-refractivity contribution in [3.8, 4) is 5.75 Å². The van der Waals surface area contributed by atoms with Crippen LogP contribution >= 0.6 is 12.6 Å². The molecule has 1 saturated heterocycles. The van der Waals surface area contributed by atoms with E-state index in [0.717, 1.165) is 72.7 Å². The van der Waals surface area contributed by atoms with E-state index in [1.807, 2.05) is 25.2 Å². The summed E-state index contributed by atoms with van der Waals surface area (Å²) in [6, 6.07) is 11.3. The van der Waals surface area contributed by atoms with E-state index in [0.29, 0.717) is 5.69 Å². The SMILES string of the molecule is C1COC1.C=C(O)c1ccc2nc(CNCCCCCS)n(C)c2c1.O=c1cc[nH]c(COc2ccc(C(F)F)cc2F)c1. The molecule has 5 rings (SSSR count). The van der Waals surface area contributed by atoms with E-state index in [9.17, 15) is 23.1 Å². The number of hydrogen-bond donors (Lipinski definition) is 4. The highest BCUT2D eigenvalue weighted by atomic mass is 32.1. The molecule has 1 aliphatic heterocycles. The predicted octanol–water partition coefficient (Wildman–Crippen LogP) is 6.73. The maximum atomic E-state index is 13.5. The number of aliphatic hydroxyl groups excluding tert-OH is 1. The van der Waals surface area contributed by atoms with Crippen molar-refractivity contribution in [3.05, 3.63) is 100.0 Å². The lowest BCUT2D eigenvalue weighted by Crippen LogP contribution is -2.17. The molecule has 0 saturated carbocycles. The van der Waals surface area contributed by atoms with Crippen LogP contribution in [0.3, 0.4) is 0 Å². The average Bonchev–Trinajstić information content (AvgIpc) is 3.28. The van der Waals surface area contributed by atoms with E-state index in [4.69, 9.17) is 9.47 Å². The van der Waals surface area contributed by atoms with E-state index in [1.165, 1.54) is 44.0 Å². The van der Waals surface area contributed by atoms with Gasteiger partial charge in [-0.3, -0.25) is 4.79 Å². The van der Waals surface area contributed by atoms with Crippen molar-refractivity contribution in [3.63, 3.8) is 0 Å².